The van der Waals surface area contributed by atoms with Crippen LogP contribution in [0.1, 0.15) is 0 Å². The second-order valence-corrected chi connectivity index (χ2v) is 18.5. The maximum Gasteiger partial charge on any atom is 0.151 e. The van der Waals surface area contributed by atoms with E-state index in [0.29, 0.717) is 0 Å². The van der Waals surface area contributed by atoms with Gasteiger partial charge in [0, 0.05) is 54.2 Å². The third-order valence-electron chi connectivity index (χ3n) is 14.8. The monoisotopic (exact) mass is 891 g/mol. The summed E-state index contributed by atoms with van der Waals surface area (Å²) < 4.78 is 11.8. The summed E-state index contributed by atoms with van der Waals surface area (Å²) in [6, 6.07) is 76.2. The average molecular weight is 892 g/mol. The third-order valence-corrected chi connectivity index (χ3v) is 14.8. The van der Waals surface area contributed by atoms with Crippen molar-refractivity contribution in [2.24, 2.45) is 0 Å². The van der Waals surface area contributed by atoms with E-state index in [9.17, 15) is 0 Å². The van der Waals surface area contributed by atoms with Gasteiger partial charge in [-0.05, 0) is 89.0 Å². The zero-order valence-corrected chi connectivity index (χ0v) is 37.5. The van der Waals surface area contributed by atoms with Crippen LogP contribution >= 0.6 is 0 Å². The molecule has 324 valence electrons. The largest absolute Gasteiger partial charge is 0.453 e. The number of nitrogens with zero attached hydrogens (tertiary/aromatic N) is 5. The molecule has 0 N–H and O–H groups in total. The molecule has 0 radical (unpaired) electrons. The number of aromatic nitrogens is 4. The molecule has 70 heavy (non-hydrogen) atoms. The van der Waals surface area contributed by atoms with Gasteiger partial charge in [0.2, 0.25) is 0 Å². The van der Waals surface area contributed by atoms with Crippen LogP contribution in [0, 0.1) is 0 Å². The van der Waals surface area contributed by atoms with Crippen molar-refractivity contribution in [1.29, 1.82) is 0 Å². The molecule has 0 saturated heterocycles. The van der Waals surface area contributed by atoms with Crippen molar-refractivity contribution in [3.8, 4) is 56.3 Å². The van der Waals surface area contributed by atoms with Crippen molar-refractivity contribution in [2.75, 3.05) is 4.90 Å². The number of fused-ring (bicyclic) bond motifs is 14. The molecule has 1 aliphatic heterocycles. The van der Waals surface area contributed by atoms with Crippen molar-refractivity contribution in [3.05, 3.63) is 225 Å². The van der Waals surface area contributed by atoms with Gasteiger partial charge in [-0.1, -0.05) is 146 Å². The molecule has 16 rings (SSSR count). The molecule has 6 nitrogen and oxygen atoms in total. The van der Waals surface area contributed by atoms with Gasteiger partial charge >= 0.3 is 0 Å². The van der Waals surface area contributed by atoms with E-state index in [0.717, 1.165) is 83.9 Å². The summed E-state index contributed by atoms with van der Waals surface area (Å²) in [7, 11) is 0. The second-order valence-electron chi connectivity index (χ2n) is 18.5. The molecule has 6 heteroatoms. The summed E-state index contributed by atoms with van der Waals surface area (Å²) in [5.41, 5.74) is 18.4. The van der Waals surface area contributed by atoms with Crippen LogP contribution < -0.4 is 9.64 Å². The maximum atomic E-state index is 6.78. The number of rotatable bonds is 5. The van der Waals surface area contributed by atoms with Gasteiger partial charge in [-0.25, -0.2) is 0 Å². The van der Waals surface area contributed by atoms with Crippen LogP contribution in [0.2, 0.25) is 0 Å². The minimum atomic E-state index is 0.796. The van der Waals surface area contributed by atoms with Crippen molar-refractivity contribution >= 4 is 93.3 Å². The van der Waals surface area contributed by atoms with Gasteiger partial charge in [-0.15, -0.1) is 0 Å². The van der Waals surface area contributed by atoms with Gasteiger partial charge < -0.3 is 13.5 Å². The van der Waals surface area contributed by atoms with Gasteiger partial charge in [-0.3, -0.25) is 14.9 Å². The predicted octanol–water partition coefficient (Wildman–Crippen LogP) is 17.0. The molecular formula is C64H37N5O. The van der Waals surface area contributed by atoms with E-state index in [1.165, 1.54) is 65.6 Å². The third kappa shape index (κ3) is 5.11. The van der Waals surface area contributed by atoms with Crippen molar-refractivity contribution in [2.45, 2.75) is 0 Å². The Balaban J connectivity index is 1.16. The van der Waals surface area contributed by atoms with Crippen LogP contribution in [0.25, 0.3) is 121 Å². The van der Waals surface area contributed by atoms with Crippen LogP contribution in [-0.4, -0.2) is 18.8 Å². The number of hydrogen-bond acceptors (Lipinski definition) is 4. The minimum Gasteiger partial charge on any atom is -0.453 e. The van der Waals surface area contributed by atoms with Crippen molar-refractivity contribution in [1.82, 2.24) is 18.8 Å². The van der Waals surface area contributed by atoms with Crippen LogP contribution in [-0.2, 0) is 0 Å². The fourth-order valence-corrected chi connectivity index (χ4v) is 11.8. The molecule has 0 saturated carbocycles. The normalized spacial score (nSPS) is 12.7. The summed E-state index contributed by atoms with van der Waals surface area (Å²) in [5.74, 6) is 1.59. The van der Waals surface area contributed by atoms with Crippen LogP contribution in [0.15, 0.2) is 225 Å². The van der Waals surface area contributed by atoms with E-state index >= 15 is 0 Å². The highest BCUT2D eigenvalue weighted by Crippen LogP contribution is 2.57. The number of anilines is 3. The van der Waals surface area contributed by atoms with Crippen LogP contribution in [0.5, 0.6) is 11.5 Å². The molecule has 0 fully saturated rings. The first-order valence-electron chi connectivity index (χ1n) is 23.8. The lowest BCUT2D eigenvalue weighted by molar-refractivity contribution is 0.477. The average Bonchev–Trinajstić information content (AvgIpc) is 4.16. The van der Waals surface area contributed by atoms with Gasteiger partial charge in [0.15, 0.2) is 11.5 Å². The highest BCUT2D eigenvalue weighted by atomic mass is 16.5. The van der Waals surface area contributed by atoms with E-state index in [2.05, 4.69) is 238 Å². The molecule has 0 aliphatic carbocycles. The second kappa shape index (κ2) is 14.0. The molecule has 7 heterocycles. The zero-order valence-electron chi connectivity index (χ0n) is 37.5. The first-order chi connectivity index (χ1) is 34.7. The molecular weight excluding hydrogens is 855 g/mol. The molecule has 0 atom stereocenters. The lowest BCUT2D eigenvalue weighted by atomic mass is 9.96. The van der Waals surface area contributed by atoms with Gasteiger partial charge in [0.05, 0.1) is 73.9 Å². The van der Waals surface area contributed by atoms with E-state index < -0.39 is 0 Å². The molecule has 0 spiro atoms. The Labute approximate surface area is 400 Å². The smallest absolute Gasteiger partial charge is 0.151 e. The van der Waals surface area contributed by atoms with Gasteiger partial charge in [0.25, 0.3) is 0 Å². The van der Waals surface area contributed by atoms with Gasteiger partial charge in [0.1, 0.15) is 0 Å². The molecule has 0 unspecified atom stereocenters. The number of ether oxygens (including phenoxy) is 1. The van der Waals surface area contributed by atoms with E-state index in [-0.39, 0.29) is 0 Å². The summed E-state index contributed by atoms with van der Waals surface area (Å²) in [6.07, 6.45) is 4.19. The number of benzene rings is 9. The highest BCUT2D eigenvalue weighted by molar-refractivity contribution is 6.34. The fraction of sp³-hybridized carbons (Fsp3) is 0. The lowest BCUT2D eigenvalue weighted by Crippen LogP contribution is -2.17. The Morgan fingerprint density at radius 1 is 0.300 bits per heavy atom. The first-order valence-corrected chi connectivity index (χ1v) is 23.8. The predicted molar refractivity (Wildman–Crippen MR) is 288 cm³/mol. The summed E-state index contributed by atoms with van der Waals surface area (Å²) in [5, 5.41) is 9.40. The Morgan fingerprint density at radius 3 is 1.09 bits per heavy atom. The standard InChI is InChI=1S/C64H37N5O/c1-5-17-38(18-6-1)42-29-46-44-34-52(40-21-9-3-10-22-40)65-36-56(44)68-60(46)48(31-42)50-33-51-49-32-43(39-19-7-2-8-20-39)30-47-45-35-53(41-23-11-4-12-24-41)66-37-57(45)69(61(47)49)63(51)64(62(50)68)67-54-25-13-15-27-58(54)70-59-28-16-14-26-55(59)67/h1-37H. The summed E-state index contributed by atoms with van der Waals surface area (Å²) in [4.78, 5) is 13.0. The Kier molecular flexibility index (Phi) is 7.52. The summed E-state index contributed by atoms with van der Waals surface area (Å²) in [6.45, 7) is 0. The molecule has 15 aromatic rings. The van der Waals surface area contributed by atoms with E-state index in [4.69, 9.17) is 14.7 Å². The topological polar surface area (TPSA) is 47.1 Å². The van der Waals surface area contributed by atoms with Crippen molar-refractivity contribution < 1.29 is 4.74 Å². The first kappa shape index (κ1) is 37.6. The lowest BCUT2D eigenvalue weighted by Gasteiger charge is -2.33. The fourth-order valence-electron chi connectivity index (χ4n) is 11.8. The van der Waals surface area contributed by atoms with Crippen molar-refractivity contribution in [3.63, 3.8) is 0 Å². The Hall–Kier alpha value is -9.52. The molecule has 6 aromatic heterocycles. The number of hydrogen-bond donors (Lipinski definition) is 0. The van der Waals surface area contributed by atoms with Gasteiger partial charge in [-0.2, -0.15) is 0 Å². The Morgan fingerprint density at radius 2 is 0.657 bits per heavy atom. The van der Waals surface area contributed by atoms with E-state index in [1.54, 1.807) is 0 Å². The Bertz CT molecular complexity index is 4310. The van der Waals surface area contributed by atoms with Crippen LogP contribution in [0.3, 0.4) is 0 Å². The number of pyridine rings is 2. The zero-order chi connectivity index (χ0) is 45.6. The molecule has 9 aromatic carbocycles. The molecule has 0 bridgehead atoms. The minimum absolute atomic E-state index is 0.796. The van der Waals surface area contributed by atoms with Crippen LogP contribution in [0.4, 0.5) is 17.1 Å². The maximum absolute atomic E-state index is 6.78. The molecule has 0 amide bonds. The summed E-state index contributed by atoms with van der Waals surface area (Å²) >= 11 is 0. The highest BCUT2D eigenvalue weighted by Gasteiger charge is 2.34. The van der Waals surface area contributed by atoms with E-state index in [1.807, 2.05) is 0 Å². The SMILES string of the molecule is c1ccc(-c2cc3c4cc(-c5ccccc5)ncc4n4c5c(N6c7ccccc7Oc7ccccc76)c6c(cc5c(c2)c34)c2cc(-c3ccccc3)cc3c4cc(-c5ccccc5)ncc4n6c32)cc1. The number of para-hydroxylation sites is 4. The molecule has 1 aliphatic rings. The quantitative estimate of drug-likeness (QED) is 0.173.